The van der Waals surface area contributed by atoms with Crippen LogP contribution < -0.4 is 0 Å². The van der Waals surface area contributed by atoms with E-state index in [2.05, 4.69) is 17.1 Å². The van der Waals surface area contributed by atoms with Gasteiger partial charge < -0.3 is 4.74 Å². The summed E-state index contributed by atoms with van der Waals surface area (Å²) >= 11 is 0. The fourth-order valence-electron chi connectivity index (χ4n) is 4.00. The Morgan fingerprint density at radius 2 is 2.11 bits per heavy atom. The van der Waals surface area contributed by atoms with E-state index in [1.165, 1.54) is 5.57 Å². The molecule has 0 spiro atoms. The highest BCUT2D eigenvalue weighted by molar-refractivity contribution is 5.74. The molecule has 1 aromatic heterocycles. The summed E-state index contributed by atoms with van der Waals surface area (Å²) in [7, 11) is 0. The second-order valence-electron chi connectivity index (χ2n) is 7.07. The van der Waals surface area contributed by atoms with Gasteiger partial charge in [0.25, 0.3) is 0 Å². The number of carbonyl (C=O) groups is 1. The van der Waals surface area contributed by atoms with Crippen LogP contribution in [0.15, 0.2) is 54.9 Å². The number of nitrogens with zero attached hydrogens (tertiary/aromatic N) is 3. The van der Waals surface area contributed by atoms with Gasteiger partial charge in [-0.3, -0.25) is 9.88 Å². The Bertz CT molecular complexity index is 901. The minimum atomic E-state index is -0.243. The van der Waals surface area contributed by atoms with E-state index in [1.807, 2.05) is 41.3 Å². The number of pyridine rings is 1. The third kappa shape index (κ3) is 3.70. The van der Waals surface area contributed by atoms with Gasteiger partial charge in [0, 0.05) is 18.4 Å². The third-order valence-corrected chi connectivity index (χ3v) is 5.29. The Kier molecular flexibility index (Phi) is 4.88. The Balaban J connectivity index is 1.51. The van der Waals surface area contributed by atoms with E-state index in [4.69, 9.17) is 10.00 Å². The van der Waals surface area contributed by atoms with Crippen molar-refractivity contribution < 1.29 is 9.53 Å². The van der Waals surface area contributed by atoms with Crippen molar-refractivity contribution in [1.82, 2.24) is 9.88 Å². The topological polar surface area (TPSA) is 66.2 Å². The summed E-state index contributed by atoms with van der Waals surface area (Å²) in [5.41, 5.74) is 3.69. The maximum Gasteiger partial charge on any atom is 0.410 e. The fraction of sp³-hybridized carbons (Fsp3) is 0.318. The summed E-state index contributed by atoms with van der Waals surface area (Å²) in [6.07, 6.45) is 9.06. The van der Waals surface area contributed by atoms with Gasteiger partial charge in [-0.05, 0) is 48.4 Å². The molecule has 1 fully saturated rings. The lowest BCUT2D eigenvalue weighted by atomic mass is 9.83. The number of ether oxygens (including phenoxy) is 1. The molecule has 5 nitrogen and oxygen atoms in total. The lowest BCUT2D eigenvalue weighted by Crippen LogP contribution is -2.51. The first kappa shape index (κ1) is 17.3. The van der Waals surface area contributed by atoms with Gasteiger partial charge in [0.15, 0.2) is 0 Å². The molecule has 4 rings (SSSR count). The van der Waals surface area contributed by atoms with Crippen molar-refractivity contribution in [3.05, 3.63) is 71.6 Å². The molecule has 5 heteroatoms. The number of hydrogen-bond donors (Lipinski definition) is 0. The number of nitriles is 1. The maximum atomic E-state index is 12.7. The largest absolute Gasteiger partial charge is 0.445 e. The van der Waals surface area contributed by atoms with Crippen LogP contribution in [0.1, 0.15) is 42.4 Å². The smallest absolute Gasteiger partial charge is 0.410 e. The van der Waals surface area contributed by atoms with E-state index in [0.717, 1.165) is 36.8 Å². The van der Waals surface area contributed by atoms with Crippen molar-refractivity contribution >= 4 is 11.7 Å². The summed E-state index contributed by atoms with van der Waals surface area (Å²) in [5.74, 6) is 0. The van der Waals surface area contributed by atoms with Gasteiger partial charge >= 0.3 is 6.09 Å². The minimum Gasteiger partial charge on any atom is -0.445 e. The average Bonchev–Trinajstić information content (AvgIpc) is 2.72. The van der Waals surface area contributed by atoms with Crippen LogP contribution >= 0.6 is 0 Å². The zero-order valence-corrected chi connectivity index (χ0v) is 15.0. The van der Waals surface area contributed by atoms with Gasteiger partial charge in [0.2, 0.25) is 0 Å². The van der Waals surface area contributed by atoms with E-state index in [-0.39, 0.29) is 18.2 Å². The lowest BCUT2D eigenvalue weighted by Gasteiger charge is -2.44. The average molecular weight is 359 g/mol. The second kappa shape index (κ2) is 7.63. The number of fused-ring (bicyclic) bond motifs is 2. The summed E-state index contributed by atoms with van der Waals surface area (Å²) < 4.78 is 5.58. The molecule has 1 aromatic carbocycles. The summed E-state index contributed by atoms with van der Waals surface area (Å²) in [6, 6.07) is 13.9. The van der Waals surface area contributed by atoms with E-state index < -0.39 is 0 Å². The molecule has 27 heavy (non-hydrogen) atoms. The van der Waals surface area contributed by atoms with Crippen LogP contribution in [0.25, 0.3) is 5.57 Å². The van der Waals surface area contributed by atoms with Crippen molar-refractivity contribution in [2.45, 2.75) is 44.4 Å². The van der Waals surface area contributed by atoms with Gasteiger partial charge in [-0.25, -0.2) is 4.79 Å². The molecule has 2 aromatic rings. The monoisotopic (exact) mass is 359 g/mol. The number of piperidine rings is 1. The molecule has 3 heterocycles. The number of aromatic nitrogens is 1. The molecule has 0 radical (unpaired) electrons. The van der Waals surface area contributed by atoms with E-state index >= 15 is 0 Å². The fourth-order valence-corrected chi connectivity index (χ4v) is 4.00. The van der Waals surface area contributed by atoms with Gasteiger partial charge in [-0.1, -0.05) is 36.4 Å². The van der Waals surface area contributed by atoms with Gasteiger partial charge in [-0.15, -0.1) is 0 Å². The standard InChI is InChI=1S/C22H21N3O2/c23-12-17-9-19(14-24-13-17)18-10-20-7-4-8-21(11-18)25(20)22(26)27-15-16-5-2-1-3-6-16/h1-3,5-6,9-10,13-14,20-21H,4,7-8,11,15H2. The molecular formula is C22H21N3O2. The molecule has 0 N–H and O–H groups in total. The molecule has 136 valence electrons. The number of rotatable bonds is 3. The first-order valence-corrected chi connectivity index (χ1v) is 9.30. The van der Waals surface area contributed by atoms with E-state index in [0.29, 0.717) is 12.2 Å². The maximum absolute atomic E-state index is 12.7. The molecule has 2 bridgehead atoms. The molecule has 2 aliphatic rings. The molecule has 0 aliphatic carbocycles. The highest BCUT2D eigenvalue weighted by Gasteiger charge is 2.38. The molecule has 2 unspecified atom stereocenters. The summed E-state index contributed by atoms with van der Waals surface area (Å²) in [6.45, 7) is 0.292. The number of hydrogen-bond acceptors (Lipinski definition) is 4. The first-order chi connectivity index (χ1) is 13.2. The Morgan fingerprint density at radius 3 is 2.89 bits per heavy atom. The Morgan fingerprint density at radius 1 is 1.26 bits per heavy atom. The van der Waals surface area contributed by atoms with Crippen LogP contribution in [0, 0.1) is 11.3 Å². The van der Waals surface area contributed by atoms with Crippen LogP contribution in [0.3, 0.4) is 0 Å². The summed E-state index contributed by atoms with van der Waals surface area (Å²) in [5, 5.41) is 9.11. The highest BCUT2D eigenvalue weighted by atomic mass is 16.6. The van der Waals surface area contributed by atoms with Gasteiger partial charge in [0.1, 0.15) is 12.7 Å². The lowest BCUT2D eigenvalue weighted by molar-refractivity contribution is 0.0510. The molecule has 1 saturated heterocycles. The van der Waals surface area contributed by atoms with Crippen LogP contribution in [-0.2, 0) is 11.3 Å². The Hall–Kier alpha value is -3.13. The Labute approximate surface area is 158 Å². The van der Waals surface area contributed by atoms with Crippen molar-refractivity contribution in [2.24, 2.45) is 0 Å². The van der Waals surface area contributed by atoms with Crippen LogP contribution in [0.2, 0.25) is 0 Å². The molecule has 1 amide bonds. The van der Waals surface area contributed by atoms with Gasteiger partial charge in [-0.2, -0.15) is 5.26 Å². The van der Waals surface area contributed by atoms with Crippen molar-refractivity contribution in [1.29, 1.82) is 5.26 Å². The normalized spacial score (nSPS) is 21.1. The quantitative estimate of drug-likeness (QED) is 0.819. The van der Waals surface area contributed by atoms with Crippen LogP contribution in [-0.4, -0.2) is 28.1 Å². The van der Waals surface area contributed by atoms with Crippen LogP contribution in [0.5, 0.6) is 0 Å². The molecule has 0 saturated carbocycles. The first-order valence-electron chi connectivity index (χ1n) is 9.30. The number of amides is 1. The predicted octanol–water partition coefficient (Wildman–Crippen LogP) is 4.30. The summed E-state index contributed by atoms with van der Waals surface area (Å²) in [4.78, 5) is 18.8. The predicted molar refractivity (Wildman–Crippen MR) is 101 cm³/mol. The molecular weight excluding hydrogens is 338 g/mol. The SMILES string of the molecule is N#Cc1cncc(C2=CC3CCCC(C2)N3C(=O)OCc2ccccc2)c1. The second-order valence-corrected chi connectivity index (χ2v) is 7.07. The number of carbonyl (C=O) groups excluding carboxylic acids is 1. The van der Waals surface area contributed by atoms with Crippen molar-refractivity contribution in [2.75, 3.05) is 0 Å². The van der Waals surface area contributed by atoms with E-state index in [1.54, 1.807) is 12.4 Å². The zero-order valence-electron chi connectivity index (χ0n) is 15.0. The molecule has 2 aliphatic heterocycles. The zero-order chi connectivity index (χ0) is 18.6. The minimum absolute atomic E-state index is 0.0431. The van der Waals surface area contributed by atoms with Crippen molar-refractivity contribution in [3.8, 4) is 6.07 Å². The molecule has 2 atom stereocenters. The van der Waals surface area contributed by atoms with Gasteiger partial charge in [0.05, 0.1) is 11.6 Å². The van der Waals surface area contributed by atoms with Crippen molar-refractivity contribution in [3.63, 3.8) is 0 Å². The van der Waals surface area contributed by atoms with Crippen LogP contribution in [0.4, 0.5) is 4.79 Å². The third-order valence-electron chi connectivity index (χ3n) is 5.29. The number of benzene rings is 1. The van der Waals surface area contributed by atoms with E-state index in [9.17, 15) is 4.79 Å². The highest BCUT2D eigenvalue weighted by Crippen LogP contribution is 2.37.